The van der Waals surface area contributed by atoms with Gasteiger partial charge in [-0.25, -0.2) is 4.98 Å². The first-order valence-corrected chi connectivity index (χ1v) is 8.74. The molecule has 1 aliphatic heterocycles. The van der Waals surface area contributed by atoms with Gasteiger partial charge < -0.3 is 15.6 Å². The first-order chi connectivity index (χ1) is 12.9. The van der Waals surface area contributed by atoms with Crippen LogP contribution in [-0.4, -0.2) is 10.1 Å². The molecule has 3 N–H and O–H groups in total. The molecule has 3 aromatic rings. The van der Waals surface area contributed by atoms with E-state index in [2.05, 4.69) is 17.1 Å². The van der Waals surface area contributed by atoms with Crippen LogP contribution in [0.5, 0.6) is 11.5 Å². The lowest BCUT2D eigenvalue weighted by molar-refractivity contribution is 0.388. The SMILES string of the molecule is Cc1cc(C)c2nc(Cl)c(C3C(C#N)=C(N)Oc4cc(O)ccc43)cc2c1. The third kappa shape index (κ3) is 2.75. The molecule has 0 spiro atoms. The summed E-state index contributed by atoms with van der Waals surface area (Å²) in [5.74, 6) is -0.0791. The van der Waals surface area contributed by atoms with Crippen molar-refractivity contribution in [1.29, 1.82) is 5.26 Å². The van der Waals surface area contributed by atoms with Crippen molar-refractivity contribution in [2.75, 3.05) is 0 Å². The molecule has 1 unspecified atom stereocenters. The van der Waals surface area contributed by atoms with E-state index in [1.54, 1.807) is 12.1 Å². The Balaban J connectivity index is 2.02. The van der Waals surface area contributed by atoms with E-state index in [0.29, 0.717) is 22.0 Å². The number of aromatic nitrogens is 1. The number of nitrogens with zero attached hydrogens (tertiary/aromatic N) is 2. The second kappa shape index (κ2) is 6.19. The van der Waals surface area contributed by atoms with Gasteiger partial charge in [-0.3, -0.25) is 0 Å². The number of allylic oxidation sites excluding steroid dienone is 1. The molecule has 1 aliphatic rings. The fourth-order valence-electron chi connectivity index (χ4n) is 3.61. The number of ether oxygens (including phenoxy) is 1. The molecule has 0 bridgehead atoms. The Bertz CT molecular complexity index is 1180. The van der Waals surface area contributed by atoms with E-state index in [-0.39, 0.29) is 17.2 Å². The summed E-state index contributed by atoms with van der Waals surface area (Å²) < 4.78 is 5.54. The summed E-state index contributed by atoms with van der Waals surface area (Å²) in [7, 11) is 0. The second-order valence-electron chi connectivity index (χ2n) is 6.67. The molecule has 6 heteroatoms. The van der Waals surface area contributed by atoms with Gasteiger partial charge in [-0.1, -0.05) is 29.3 Å². The molecule has 27 heavy (non-hydrogen) atoms. The zero-order chi connectivity index (χ0) is 19.3. The Morgan fingerprint density at radius 1 is 1.19 bits per heavy atom. The molecule has 0 aliphatic carbocycles. The number of phenols is 1. The summed E-state index contributed by atoms with van der Waals surface area (Å²) in [5.41, 5.74) is 10.6. The first-order valence-electron chi connectivity index (χ1n) is 8.37. The molecular weight excluding hydrogens is 362 g/mol. The number of fused-ring (bicyclic) bond motifs is 2. The van der Waals surface area contributed by atoms with Crippen molar-refractivity contribution in [3.8, 4) is 17.6 Å². The number of nitriles is 1. The van der Waals surface area contributed by atoms with Crippen molar-refractivity contribution in [2.24, 2.45) is 5.73 Å². The van der Waals surface area contributed by atoms with Gasteiger partial charge >= 0.3 is 0 Å². The fraction of sp³-hybridized carbons (Fsp3) is 0.143. The Kier molecular flexibility index (Phi) is 3.94. The third-order valence-electron chi connectivity index (χ3n) is 4.75. The molecule has 4 rings (SSSR count). The minimum absolute atomic E-state index is 0.00261. The minimum atomic E-state index is -0.524. The number of rotatable bonds is 1. The molecule has 134 valence electrons. The number of aromatic hydroxyl groups is 1. The predicted octanol–water partition coefficient (Wildman–Crippen LogP) is 4.43. The Morgan fingerprint density at radius 2 is 1.96 bits per heavy atom. The number of halogens is 1. The van der Waals surface area contributed by atoms with Gasteiger partial charge in [-0.15, -0.1) is 0 Å². The lowest BCUT2D eigenvalue weighted by atomic mass is 9.83. The average Bonchev–Trinajstić information content (AvgIpc) is 2.60. The lowest BCUT2D eigenvalue weighted by Crippen LogP contribution is -2.21. The standard InChI is InChI=1S/C21H16ClN3O2/c1-10-5-11(2)19-12(6-10)7-15(20(22)25-19)18-14-4-3-13(26)8-17(14)27-21(24)16(18)9-23/h3-8,18,26H,24H2,1-2H3. The molecule has 1 aromatic heterocycles. The van der Waals surface area contributed by atoms with Crippen molar-refractivity contribution in [3.05, 3.63) is 75.3 Å². The van der Waals surface area contributed by atoms with Crippen LogP contribution in [0.3, 0.4) is 0 Å². The molecule has 2 aromatic carbocycles. The zero-order valence-electron chi connectivity index (χ0n) is 14.7. The van der Waals surface area contributed by atoms with Crippen LogP contribution >= 0.6 is 11.6 Å². The average molecular weight is 378 g/mol. The highest BCUT2D eigenvalue weighted by molar-refractivity contribution is 6.30. The van der Waals surface area contributed by atoms with Gasteiger partial charge in [0.2, 0.25) is 5.88 Å². The fourth-order valence-corrected chi connectivity index (χ4v) is 3.86. The summed E-state index contributed by atoms with van der Waals surface area (Å²) in [5, 5.41) is 20.7. The normalized spacial score (nSPS) is 16.0. The van der Waals surface area contributed by atoms with E-state index >= 15 is 0 Å². The number of aryl methyl sites for hydroxylation is 2. The number of hydrogen-bond donors (Lipinski definition) is 2. The van der Waals surface area contributed by atoms with Crippen LogP contribution < -0.4 is 10.5 Å². The largest absolute Gasteiger partial charge is 0.508 e. The summed E-state index contributed by atoms with van der Waals surface area (Å²) in [4.78, 5) is 4.58. The van der Waals surface area contributed by atoms with E-state index in [9.17, 15) is 10.4 Å². The van der Waals surface area contributed by atoms with Crippen LogP contribution in [0.1, 0.15) is 28.2 Å². The van der Waals surface area contributed by atoms with Gasteiger partial charge in [0.05, 0.1) is 11.4 Å². The Morgan fingerprint density at radius 3 is 2.70 bits per heavy atom. The van der Waals surface area contributed by atoms with Gasteiger partial charge in [0.1, 0.15) is 28.3 Å². The second-order valence-corrected chi connectivity index (χ2v) is 7.03. The highest BCUT2D eigenvalue weighted by atomic mass is 35.5. The summed E-state index contributed by atoms with van der Waals surface area (Å²) in [6.07, 6.45) is 0. The minimum Gasteiger partial charge on any atom is -0.508 e. The van der Waals surface area contributed by atoms with E-state index in [0.717, 1.165) is 22.0 Å². The number of benzene rings is 2. The molecule has 1 atom stereocenters. The molecule has 0 saturated heterocycles. The smallest absolute Gasteiger partial charge is 0.205 e. The summed E-state index contributed by atoms with van der Waals surface area (Å²) in [6.45, 7) is 4.01. The van der Waals surface area contributed by atoms with Gasteiger partial charge in [0, 0.05) is 22.6 Å². The van der Waals surface area contributed by atoms with E-state index in [4.69, 9.17) is 22.1 Å². The van der Waals surface area contributed by atoms with Gasteiger partial charge in [0.15, 0.2) is 0 Å². The topological polar surface area (TPSA) is 92.2 Å². The summed E-state index contributed by atoms with van der Waals surface area (Å²) >= 11 is 6.54. The number of nitrogens with two attached hydrogens (primary N) is 1. The lowest BCUT2D eigenvalue weighted by Gasteiger charge is -2.27. The van der Waals surface area contributed by atoms with Crippen LogP contribution in [0.25, 0.3) is 10.9 Å². The van der Waals surface area contributed by atoms with Gasteiger partial charge in [-0.2, -0.15) is 5.26 Å². The quantitative estimate of drug-likeness (QED) is 0.612. The maximum absolute atomic E-state index is 9.77. The van der Waals surface area contributed by atoms with Crippen molar-refractivity contribution >= 4 is 22.5 Å². The number of pyridine rings is 1. The van der Waals surface area contributed by atoms with Crippen molar-refractivity contribution in [3.63, 3.8) is 0 Å². The van der Waals surface area contributed by atoms with Crippen molar-refractivity contribution in [2.45, 2.75) is 19.8 Å². The zero-order valence-corrected chi connectivity index (χ0v) is 15.5. The predicted molar refractivity (Wildman–Crippen MR) is 104 cm³/mol. The van der Waals surface area contributed by atoms with Crippen LogP contribution in [0, 0.1) is 25.2 Å². The third-order valence-corrected chi connectivity index (χ3v) is 5.05. The highest BCUT2D eigenvalue weighted by Crippen LogP contribution is 2.45. The molecular formula is C21H16ClN3O2. The number of phenolic OH excluding ortho intramolecular Hbond substituents is 1. The summed E-state index contributed by atoms with van der Waals surface area (Å²) in [6, 6.07) is 12.9. The van der Waals surface area contributed by atoms with Crippen LogP contribution in [0.15, 0.2) is 47.9 Å². The molecule has 2 heterocycles. The molecule has 0 radical (unpaired) electrons. The van der Waals surface area contributed by atoms with Crippen LogP contribution in [0.4, 0.5) is 0 Å². The Hall–Kier alpha value is -3.23. The molecule has 0 fully saturated rings. The maximum atomic E-state index is 9.77. The van der Waals surface area contributed by atoms with Gasteiger partial charge in [0.25, 0.3) is 0 Å². The van der Waals surface area contributed by atoms with Crippen LogP contribution in [0.2, 0.25) is 5.15 Å². The number of hydrogen-bond acceptors (Lipinski definition) is 5. The first kappa shape index (κ1) is 17.2. The molecule has 0 amide bonds. The molecule has 5 nitrogen and oxygen atoms in total. The van der Waals surface area contributed by atoms with E-state index < -0.39 is 5.92 Å². The highest BCUT2D eigenvalue weighted by Gasteiger charge is 2.32. The maximum Gasteiger partial charge on any atom is 0.205 e. The van der Waals surface area contributed by atoms with Crippen molar-refractivity contribution < 1.29 is 9.84 Å². The van der Waals surface area contributed by atoms with E-state index in [1.807, 2.05) is 26.0 Å². The van der Waals surface area contributed by atoms with Crippen molar-refractivity contribution in [1.82, 2.24) is 4.98 Å². The van der Waals surface area contributed by atoms with Crippen LogP contribution in [-0.2, 0) is 0 Å². The molecule has 0 saturated carbocycles. The monoisotopic (exact) mass is 377 g/mol. The van der Waals surface area contributed by atoms with Gasteiger partial charge in [-0.05, 0) is 37.6 Å². The Labute approximate surface area is 161 Å². The van der Waals surface area contributed by atoms with E-state index in [1.165, 1.54) is 6.07 Å².